The van der Waals surface area contributed by atoms with E-state index in [9.17, 15) is 21.6 Å². The van der Waals surface area contributed by atoms with Gasteiger partial charge in [-0.25, -0.2) is 13.1 Å². The van der Waals surface area contributed by atoms with Gasteiger partial charge in [0.25, 0.3) is 0 Å². The summed E-state index contributed by atoms with van der Waals surface area (Å²) in [4.78, 5) is 2.44. The Hall–Kier alpha value is -2.10. The summed E-state index contributed by atoms with van der Waals surface area (Å²) in [6.45, 7) is 3.08. The molecular formula is C22H27F3N2O3S. The first kappa shape index (κ1) is 23.6. The SMILES string of the molecule is Cc1ccc(S(=O)(=O)NCC2CCCN(Cc3cccc(OCC(F)(F)F)c3)C2)cc1. The third kappa shape index (κ3) is 7.52. The molecule has 0 radical (unpaired) electrons. The molecule has 1 atom stereocenters. The Morgan fingerprint density at radius 2 is 1.90 bits per heavy atom. The lowest BCUT2D eigenvalue weighted by molar-refractivity contribution is -0.153. The molecule has 1 fully saturated rings. The van der Waals surface area contributed by atoms with E-state index in [2.05, 4.69) is 9.62 Å². The minimum absolute atomic E-state index is 0.165. The van der Waals surface area contributed by atoms with E-state index < -0.39 is 22.8 Å². The van der Waals surface area contributed by atoms with Crippen molar-refractivity contribution in [1.29, 1.82) is 0 Å². The van der Waals surface area contributed by atoms with Crippen LogP contribution in [0.15, 0.2) is 53.4 Å². The molecule has 1 unspecified atom stereocenters. The van der Waals surface area contributed by atoms with E-state index in [1.165, 1.54) is 6.07 Å². The standard InChI is InChI=1S/C22H27F3N2O3S/c1-17-7-9-21(10-8-17)31(28,29)26-13-19-5-3-11-27(15-19)14-18-4-2-6-20(12-18)30-16-22(23,24)25/h2,4,6-10,12,19,26H,3,5,11,13-16H2,1H3. The van der Waals surface area contributed by atoms with Crippen LogP contribution in [-0.4, -0.2) is 45.7 Å². The fourth-order valence-electron chi connectivity index (χ4n) is 3.65. The van der Waals surface area contributed by atoms with Gasteiger partial charge in [-0.3, -0.25) is 4.90 Å². The number of alkyl halides is 3. The van der Waals surface area contributed by atoms with Crippen molar-refractivity contribution >= 4 is 10.0 Å². The Kier molecular flexibility index (Phi) is 7.61. The van der Waals surface area contributed by atoms with Crippen LogP contribution >= 0.6 is 0 Å². The number of hydrogen-bond donors (Lipinski definition) is 1. The number of hydrogen-bond acceptors (Lipinski definition) is 4. The summed E-state index contributed by atoms with van der Waals surface area (Å²) in [6, 6.07) is 13.4. The number of rotatable bonds is 8. The summed E-state index contributed by atoms with van der Waals surface area (Å²) in [5.41, 5.74) is 1.86. The highest BCUT2D eigenvalue weighted by molar-refractivity contribution is 7.89. The van der Waals surface area contributed by atoms with Gasteiger partial charge in [0, 0.05) is 19.6 Å². The lowest BCUT2D eigenvalue weighted by atomic mass is 9.98. The second-order valence-electron chi connectivity index (χ2n) is 7.96. The molecular weight excluding hydrogens is 429 g/mol. The van der Waals surface area contributed by atoms with Crippen LogP contribution < -0.4 is 9.46 Å². The molecule has 1 aliphatic heterocycles. The Morgan fingerprint density at radius 1 is 1.16 bits per heavy atom. The minimum Gasteiger partial charge on any atom is -0.484 e. The lowest BCUT2D eigenvalue weighted by Crippen LogP contribution is -2.40. The first-order valence-electron chi connectivity index (χ1n) is 10.2. The normalized spacial score (nSPS) is 18.1. The maximum Gasteiger partial charge on any atom is 0.422 e. The molecule has 170 valence electrons. The van der Waals surface area contributed by atoms with E-state index in [1.54, 1.807) is 36.4 Å². The largest absolute Gasteiger partial charge is 0.484 e. The molecule has 0 bridgehead atoms. The first-order valence-corrected chi connectivity index (χ1v) is 11.7. The van der Waals surface area contributed by atoms with E-state index in [0.29, 0.717) is 19.6 Å². The summed E-state index contributed by atoms with van der Waals surface area (Å²) in [6.07, 6.45) is -2.52. The van der Waals surface area contributed by atoms with Crippen molar-refractivity contribution in [1.82, 2.24) is 9.62 Å². The molecule has 3 rings (SSSR count). The molecule has 2 aromatic carbocycles. The van der Waals surface area contributed by atoms with Gasteiger partial charge >= 0.3 is 6.18 Å². The predicted octanol–water partition coefficient (Wildman–Crippen LogP) is 4.13. The Balaban J connectivity index is 1.53. The number of nitrogens with zero attached hydrogens (tertiary/aromatic N) is 1. The van der Waals surface area contributed by atoms with Gasteiger partial charge in [0.2, 0.25) is 10.0 Å². The zero-order chi connectivity index (χ0) is 22.5. The molecule has 1 N–H and O–H groups in total. The van der Waals surface area contributed by atoms with Crippen molar-refractivity contribution in [3.05, 3.63) is 59.7 Å². The monoisotopic (exact) mass is 456 g/mol. The number of nitrogens with one attached hydrogen (secondary N) is 1. The quantitative estimate of drug-likeness (QED) is 0.649. The number of benzene rings is 2. The highest BCUT2D eigenvalue weighted by Gasteiger charge is 2.28. The van der Waals surface area contributed by atoms with E-state index in [4.69, 9.17) is 4.74 Å². The highest BCUT2D eigenvalue weighted by Crippen LogP contribution is 2.22. The van der Waals surface area contributed by atoms with Crippen molar-refractivity contribution < 1.29 is 26.3 Å². The molecule has 0 amide bonds. The van der Waals surface area contributed by atoms with Crippen molar-refractivity contribution in [2.24, 2.45) is 5.92 Å². The van der Waals surface area contributed by atoms with Gasteiger partial charge in [-0.1, -0.05) is 29.8 Å². The van der Waals surface area contributed by atoms with Gasteiger partial charge in [-0.05, 0) is 62.1 Å². The van der Waals surface area contributed by atoms with E-state index in [0.717, 1.165) is 30.5 Å². The zero-order valence-corrected chi connectivity index (χ0v) is 18.2. The van der Waals surface area contributed by atoms with Crippen LogP contribution in [0.3, 0.4) is 0 Å². The maximum atomic E-state index is 12.5. The number of piperidine rings is 1. The molecule has 1 heterocycles. The average molecular weight is 457 g/mol. The molecule has 2 aromatic rings. The van der Waals surface area contributed by atoms with Gasteiger partial charge in [0.15, 0.2) is 6.61 Å². The smallest absolute Gasteiger partial charge is 0.422 e. The minimum atomic E-state index is -4.37. The summed E-state index contributed by atoms with van der Waals surface area (Å²) in [5, 5.41) is 0. The molecule has 0 spiro atoms. The molecule has 0 aliphatic carbocycles. The summed E-state index contributed by atoms with van der Waals surface area (Å²) in [7, 11) is -3.55. The van der Waals surface area contributed by atoms with Gasteiger partial charge in [0.1, 0.15) is 5.75 Å². The number of sulfonamides is 1. The van der Waals surface area contributed by atoms with Crippen LogP contribution in [0.5, 0.6) is 5.75 Å². The van der Waals surface area contributed by atoms with Crippen LogP contribution in [0.1, 0.15) is 24.0 Å². The average Bonchev–Trinajstić information content (AvgIpc) is 2.71. The third-order valence-corrected chi connectivity index (χ3v) is 6.64. The van der Waals surface area contributed by atoms with Crippen LogP contribution in [0.2, 0.25) is 0 Å². The molecule has 9 heteroatoms. The van der Waals surface area contributed by atoms with Crippen LogP contribution in [0.25, 0.3) is 0 Å². The fraction of sp³-hybridized carbons (Fsp3) is 0.455. The highest BCUT2D eigenvalue weighted by atomic mass is 32.2. The molecule has 5 nitrogen and oxygen atoms in total. The Labute approximate surface area is 181 Å². The van der Waals surface area contributed by atoms with Crippen molar-refractivity contribution in [3.63, 3.8) is 0 Å². The molecule has 1 aliphatic rings. The van der Waals surface area contributed by atoms with Crippen molar-refractivity contribution in [2.45, 2.75) is 37.4 Å². The number of halogens is 3. The fourth-order valence-corrected chi connectivity index (χ4v) is 4.76. The molecule has 1 saturated heterocycles. The van der Waals surface area contributed by atoms with Gasteiger partial charge in [-0.15, -0.1) is 0 Å². The molecule has 0 aromatic heterocycles. The number of likely N-dealkylation sites (tertiary alicyclic amines) is 1. The van der Waals surface area contributed by atoms with E-state index in [1.807, 2.05) is 13.0 Å². The maximum absolute atomic E-state index is 12.5. The van der Waals surface area contributed by atoms with Gasteiger partial charge < -0.3 is 4.74 Å². The lowest BCUT2D eigenvalue weighted by Gasteiger charge is -2.32. The number of aryl methyl sites for hydroxylation is 1. The summed E-state index contributed by atoms with van der Waals surface area (Å²) >= 11 is 0. The second kappa shape index (κ2) is 10.0. The Bertz CT molecular complexity index is 963. The van der Waals surface area contributed by atoms with E-state index >= 15 is 0 Å². The van der Waals surface area contributed by atoms with Crippen molar-refractivity contribution in [3.8, 4) is 5.75 Å². The topological polar surface area (TPSA) is 58.6 Å². The van der Waals surface area contributed by atoms with Gasteiger partial charge in [-0.2, -0.15) is 13.2 Å². The second-order valence-corrected chi connectivity index (χ2v) is 9.73. The molecule has 0 saturated carbocycles. The summed E-state index contributed by atoms with van der Waals surface area (Å²) < 4.78 is 69.6. The van der Waals surface area contributed by atoms with Crippen LogP contribution in [0.4, 0.5) is 13.2 Å². The van der Waals surface area contributed by atoms with Crippen molar-refractivity contribution in [2.75, 3.05) is 26.2 Å². The number of ether oxygens (including phenoxy) is 1. The molecule has 31 heavy (non-hydrogen) atoms. The predicted molar refractivity (Wildman–Crippen MR) is 112 cm³/mol. The van der Waals surface area contributed by atoms with Crippen LogP contribution in [0, 0.1) is 12.8 Å². The Morgan fingerprint density at radius 3 is 2.61 bits per heavy atom. The zero-order valence-electron chi connectivity index (χ0n) is 17.4. The van der Waals surface area contributed by atoms with Crippen LogP contribution in [-0.2, 0) is 16.6 Å². The summed E-state index contributed by atoms with van der Waals surface area (Å²) in [5.74, 6) is 0.355. The van der Waals surface area contributed by atoms with Gasteiger partial charge in [0.05, 0.1) is 4.90 Å². The first-order chi connectivity index (χ1) is 14.6. The van der Waals surface area contributed by atoms with E-state index in [-0.39, 0.29) is 16.6 Å². The third-order valence-electron chi connectivity index (χ3n) is 5.20.